The zero-order chi connectivity index (χ0) is 17.6. The maximum atomic E-state index is 10.5. The number of hydrogen-bond acceptors (Lipinski definition) is 2. The number of aliphatic carboxylic acids is 1. The molecule has 0 radical (unpaired) electrons. The molecular weight excluding hydrogens is 314 g/mol. The first-order chi connectivity index (χ1) is 12.2. The normalized spacial score (nSPS) is 11.6. The molecule has 2 heterocycles. The van der Waals surface area contributed by atoms with E-state index in [4.69, 9.17) is 5.11 Å². The summed E-state index contributed by atoms with van der Waals surface area (Å²) in [5.41, 5.74) is 3.63. The molecule has 0 saturated carbocycles. The summed E-state index contributed by atoms with van der Waals surface area (Å²) in [6, 6.07) is 8.45. The highest BCUT2D eigenvalue weighted by Crippen LogP contribution is 2.31. The number of carbonyl (C=O) groups is 1. The zero-order valence-electron chi connectivity index (χ0n) is 14.4. The van der Waals surface area contributed by atoms with Gasteiger partial charge < -0.3 is 14.7 Å². The molecule has 3 aromatic rings. The van der Waals surface area contributed by atoms with Gasteiger partial charge in [-0.3, -0.25) is 0 Å². The largest absolute Gasteiger partial charge is 0.478 e. The predicted octanol–water partition coefficient (Wildman–Crippen LogP) is 4.54. The van der Waals surface area contributed by atoms with Crippen molar-refractivity contribution in [3.63, 3.8) is 0 Å². The number of carboxylic acids is 1. The molecule has 1 aromatic carbocycles. The van der Waals surface area contributed by atoms with E-state index in [0.29, 0.717) is 0 Å². The minimum atomic E-state index is -0.877. The Bertz CT molecular complexity index is 876. The monoisotopic (exact) mass is 337 g/mol. The number of rotatable bonds is 8. The van der Waals surface area contributed by atoms with Crippen molar-refractivity contribution in [1.29, 1.82) is 0 Å². The van der Waals surface area contributed by atoms with Crippen molar-refractivity contribution >= 4 is 16.9 Å². The number of unbranched alkanes of at least 4 members (excludes halogenated alkanes) is 3. The fraction of sp³-hybridized carbons (Fsp3) is 0.300. The van der Waals surface area contributed by atoms with Crippen LogP contribution < -0.4 is 0 Å². The molecule has 0 unspecified atom stereocenters. The Kier molecular flexibility index (Phi) is 5.33. The first-order valence-electron chi connectivity index (χ1n) is 8.65. The van der Waals surface area contributed by atoms with Gasteiger partial charge in [0.1, 0.15) is 0 Å². The molecule has 0 aliphatic rings. The van der Waals surface area contributed by atoms with E-state index in [1.54, 1.807) is 12.3 Å². The van der Waals surface area contributed by atoms with Crippen LogP contribution in [0, 0.1) is 6.92 Å². The number of H-pyrrole nitrogens is 1. The Balaban J connectivity index is 1.74. The fourth-order valence-corrected chi connectivity index (χ4v) is 3.30. The van der Waals surface area contributed by atoms with E-state index < -0.39 is 5.97 Å². The average Bonchev–Trinajstić information content (AvgIpc) is 3.21. The van der Waals surface area contributed by atoms with Crippen LogP contribution in [0.2, 0.25) is 0 Å². The van der Waals surface area contributed by atoms with Gasteiger partial charge in [0.15, 0.2) is 5.82 Å². The number of aromatic nitrogens is 3. The molecule has 0 aliphatic heterocycles. The molecule has 0 atom stereocenters. The van der Waals surface area contributed by atoms with E-state index in [1.807, 2.05) is 6.20 Å². The molecule has 130 valence electrons. The standard InChI is InChI=1S/C20H23N3O2/c1-15-16-9-6-7-10-17(16)23(19(15)20-21-12-13-22-20)14-8-4-2-3-5-11-18(24)25/h5-7,9-13H,2-4,8,14H2,1H3,(H,21,22)(H,24,25)/b11-5+. The highest BCUT2D eigenvalue weighted by atomic mass is 16.4. The highest BCUT2D eigenvalue weighted by Gasteiger charge is 2.16. The Hall–Kier alpha value is -2.82. The molecule has 0 saturated heterocycles. The summed E-state index contributed by atoms with van der Waals surface area (Å²) in [7, 11) is 0. The predicted molar refractivity (Wildman–Crippen MR) is 99.5 cm³/mol. The van der Waals surface area contributed by atoms with Crippen LogP contribution in [0.15, 0.2) is 48.8 Å². The molecule has 0 fully saturated rings. The van der Waals surface area contributed by atoms with Crippen molar-refractivity contribution in [3.05, 3.63) is 54.4 Å². The second-order valence-electron chi connectivity index (χ2n) is 6.17. The van der Waals surface area contributed by atoms with Gasteiger partial charge in [0.2, 0.25) is 0 Å². The summed E-state index contributed by atoms with van der Waals surface area (Å²) >= 11 is 0. The van der Waals surface area contributed by atoms with Crippen molar-refractivity contribution in [3.8, 4) is 11.5 Å². The average molecular weight is 337 g/mol. The lowest BCUT2D eigenvalue weighted by molar-refractivity contribution is -0.131. The van der Waals surface area contributed by atoms with Crippen molar-refractivity contribution in [1.82, 2.24) is 14.5 Å². The number of aryl methyl sites for hydroxylation is 2. The first-order valence-corrected chi connectivity index (χ1v) is 8.65. The van der Waals surface area contributed by atoms with Crippen LogP contribution in [0.3, 0.4) is 0 Å². The van der Waals surface area contributed by atoms with Crippen LogP contribution >= 0.6 is 0 Å². The van der Waals surface area contributed by atoms with E-state index in [-0.39, 0.29) is 0 Å². The fourth-order valence-electron chi connectivity index (χ4n) is 3.30. The smallest absolute Gasteiger partial charge is 0.327 e. The number of imidazole rings is 1. The molecule has 2 N–H and O–H groups in total. The summed E-state index contributed by atoms with van der Waals surface area (Å²) in [5, 5.41) is 9.85. The Morgan fingerprint density at radius 3 is 2.88 bits per heavy atom. The van der Waals surface area contributed by atoms with Crippen LogP contribution in [0.1, 0.15) is 31.2 Å². The molecule has 0 amide bonds. The SMILES string of the molecule is Cc1c(-c2ncc[nH]2)n(CCCCC/C=C/C(=O)O)c2ccccc12. The summed E-state index contributed by atoms with van der Waals surface area (Å²) in [5.74, 6) is 0.0236. The lowest BCUT2D eigenvalue weighted by Crippen LogP contribution is -2.02. The Labute approximate surface area is 147 Å². The van der Waals surface area contributed by atoms with Gasteiger partial charge >= 0.3 is 5.97 Å². The number of benzene rings is 1. The van der Waals surface area contributed by atoms with Gasteiger partial charge in [-0.1, -0.05) is 30.7 Å². The lowest BCUT2D eigenvalue weighted by Gasteiger charge is -2.10. The number of aromatic amines is 1. The molecule has 5 heteroatoms. The molecular formula is C20H23N3O2. The van der Waals surface area contributed by atoms with E-state index in [2.05, 4.69) is 45.7 Å². The van der Waals surface area contributed by atoms with Gasteiger partial charge in [0, 0.05) is 35.9 Å². The Morgan fingerprint density at radius 1 is 1.28 bits per heavy atom. The number of para-hydroxylation sites is 1. The van der Waals surface area contributed by atoms with Crippen LogP contribution in [-0.2, 0) is 11.3 Å². The van der Waals surface area contributed by atoms with E-state index in [1.165, 1.54) is 22.5 Å². The number of nitrogens with zero attached hydrogens (tertiary/aromatic N) is 2. The van der Waals surface area contributed by atoms with Crippen molar-refractivity contribution in [2.75, 3.05) is 0 Å². The van der Waals surface area contributed by atoms with Crippen LogP contribution in [0.5, 0.6) is 0 Å². The lowest BCUT2D eigenvalue weighted by atomic mass is 10.1. The summed E-state index contributed by atoms with van der Waals surface area (Å²) in [6.45, 7) is 3.07. The second kappa shape index (κ2) is 7.83. The third kappa shape index (κ3) is 3.82. The van der Waals surface area contributed by atoms with E-state index in [9.17, 15) is 4.79 Å². The quantitative estimate of drug-likeness (QED) is 0.468. The number of fused-ring (bicyclic) bond motifs is 1. The van der Waals surface area contributed by atoms with Gasteiger partial charge in [-0.2, -0.15) is 0 Å². The Morgan fingerprint density at radius 2 is 2.12 bits per heavy atom. The van der Waals surface area contributed by atoms with Gasteiger partial charge in [0.25, 0.3) is 0 Å². The third-order valence-electron chi connectivity index (χ3n) is 4.46. The summed E-state index contributed by atoms with van der Waals surface area (Å²) < 4.78 is 2.34. The van der Waals surface area contributed by atoms with Crippen LogP contribution in [-0.4, -0.2) is 25.6 Å². The van der Waals surface area contributed by atoms with Gasteiger partial charge in [-0.25, -0.2) is 9.78 Å². The van der Waals surface area contributed by atoms with Crippen molar-refractivity contribution in [2.45, 2.75) is 39.2 Å². The number of carboxylic acid groups (broad SMARTS) is 1. The molecule has 0 spiro atoms. The number of hydrogen-bond donors (Lipinski definition) is 2. The van der Waals surface area contributed by atoms with Crippen LogP contribution in [0.25, 0.3) is 22.4 Å². The highest BCUT2D eigenvalue weighted by molar-refractivity contribution is 5.90. The maximum Gasteiger partial charge on any atom is 0.327 e. The van der Waals surface area contributed by atoms with Crippen molar-refractivity contribution < 1.29 is 9.90 Å². The summed E-state index contributed by atoms with van der Waals surface area (Å²) in [4.78, 5) is 18.1. The van der Waals surface area contributed by atoms with Crippen LogP contribution in [0.4, 0.5) is 0 Å². The second-order valence-corrected chi connectivity index (χ2v) is 6.17. The number of allylic oxidation sites excluding steroid dienone is 1. The molecule has 0 aliphatic carbocycles. The topological polar surface area (TPSA) is 70.9 Å². The number of nitrogens with one attached hydrogen (secondary N) is 1. The van der Waals surface area contributed by atoms with E-state index in [0.717, 1.165) is 43.7 Å². The maximum absolute atomic E-state index is 10.5. The van der Waals surface area contributed by atoms with Gasteiger partial charge in [0.05, 0.1) is 5.69 Å². The minimum Gasteiger partial charge on any atom is -0.478 e. The first kappa shape index (κ1) is 17.0. The van der Waals surface area contributed by atoms with Gasteiger partial charge in [-0.15, -0.1) is 0 Å². The molecule has 0 bridgehead atoms. The van der Waals surface area contributed by atoms with Gasteiger partial charge in [-0.05, 0) is 37.8 Å². The summed E-state index contributed by atoms with van der Waals surface area (Å²) in [6.07, 6.45) is 10.5. The minimum absolute atomic E-state index is 0.808. The third-order valence-corrected chi connectivity index (χ3v) is 4.46. The van der Waals surface area contributed by atoms with Crippen molar-refractivity contribution in [2.24, 2.45) is 0 Å². The molecule has 3 rings (SSSR count). The molecule has 25 heavy (non-hydrogen) atoms. The molecule has 2 aromatic heterocycles. The zero-order valence-corrected chi connectivity index (χ0v) is 14.4. The van der Waals surface area contributed by atoms with E-state index >= 15 is 0 Å². The molecule has 5 nitrogen and oxygen atoms in total.